The minimum Gasteiger partial charge on any atom is -0.380 e. The molecule has 0 heterocycles. The van der Waals surface area contributed by atoms with Crippen LogP contribution in [0.5, 0.6) is 0 Å². The molecule has 0 aliphatic rings. The Bertz CT molecular complexity index is 174. The van der Waals surface area contributed by atoms with Crippen molar-refractivity contribution in [2.75, 3.05) is 33.8 Å². The first-order valence-corrected chi connectivity index (χ1v) is 6.91. The molecule has 17 heavy (non-hydrogen) atoms. The fourth-order valence-electron chi connectivity index (χ4n) is 1.79. The van der Waals surface area contributed by atoms with Gasteiger partial charge in [-0.1, -0.05) is 13.8 Å². The normalized spacial score (nSPS) is 15.5. The van der Waals surface area contributed by atoms with E-state index in [2.05, 4.69) is 45.0 Å². The summed E-state index contributed by atoms with van der Waals surface area (Å²) >= 11 is 0. The van der Waals surface area contributed by atoms with Crippen LogP contribution >= 0.6 is 0 Å². The number of nitrogens with one attached hydrogen (secondary N) is 1. The number of hydrogen-bond donors (Lipinski definition) is 1. The molecule has 3 nitrogen and oxygen atoms in total. The van der Waals surface area contributed by atoms with Crippen LogP contribution in [0, 0.1) is 5.92 Å². The first kappa shape index (κ1) is 16.9. The van der Waals surface area contributed by atoms with Crippen LogP contribution in [-0.4, -0.2) is 50.8 Å². The van der Waals surface area contributed by atoms with Gasteiger partial charge < -0.3 is 15.0 Å². The number of hydrogen-bond acceptors (Lipinski definition) is 3. The third-order valence-corrected chi connectivity index (χ3v) is 3.23. The molecule has 0 bridgehead atoms. The van der Waals surface area contributed by atoms with Crippen molar-refractivity contribution in [3.63, 3.8) is 0 Å². The maximum Gasteiger partial charge on any atom is 0.0670 e. The summed E-state index contributed by atoms with van der Waals surface area (Å²) in [5.41, 5.74) is 0. The number of ether oxygens (including phenoxy) is 1. The molecule has 2 unspecified atom stereocenters. The van der Waals surface area contributed by atoms with Crippen LogP contribution in [-0.2, 0) is 4.74 Å². The molecule has 0 aliphatic heterocycles. The summed E-state index contributed by atoms with van der Waals surface area (Å²) in [6.07, 6.45) is 2.82. The van der Waals surface area contributed by atoms with Gasteiger partial charge in [0.05, 0.1) is 6.10 Å². The van der Waals surface area contributed by atoms with E-state index >= 15 is 0 Å². The van der Waals surface area contributed by atoms with Crippen molar-refractivity contribution >= 4 is 0 Å². The average Bonchev–Trinajstić information content (AvgIpc) is 2.27. The van der Waals surface area contributed by atoms with Crippen molar-refractivity contribution in [1.29, 1.82) is 0 Å². The monoisotopic (exact) mass is 244 g/mol. The lowest BCUT2D eigenvalue weighted by molar-refractivity contribution is 0.0724. The second kappa shape index (κ2) is 9.86. The predicted molar refractivity (Wildman–Crippen MR) is 75.5 cm³/mol. The van der Waals surface area contributed by atoms with E-state index in [9.17, 15) is 0 Å². The van der Waals surface area contributed by atoms with Crippen LogP contribution in [0.1, 0.15) is 40.5 Å². The summed E-state index contributed by atoms with van der Waals surface area (Å²) in [5.74, 6) is 0.748. The zero-order chi connectivity index (χ0) is 13.3. The molecule has 0 aromatic heterocycles. The van der Waals surface area contributed by atoms with Crippen LogP contribution < -0.4 is 5.32 Å². The molecule has 2 atom stereocenters. The summed E-state index contributed by atoms with van der Waals surface area (Å²) in [5, 5.41) is 3.49. The van der Waals surface area contributed by atoms with Gasteiger partial charge in [-0.2, -0.15) is 0 Å². The van der Waals surface area contributed by atoms with E-state index in [0.29, 0.717) is 12.1 Å². The van der Waals surface area contributed by atoms with Crippen molar-refractivity contribution in [3.8, 4) is 0 Å². The highest BCUT2D eigenvalue weighted by Gasteiger charge is 2.11. The van der Waals surface area contributed by atoms with E-state index in [1.165, 1.54) is 12.8 Å². The Labute approximate surface area is 108 Å². The topological polar surface area (TPSA) is 24.5 Å². The van der Waals surface area contributed by atoms with Gasteiger partial charge in [0.15, 0.2) is 0 Å². The highest BCUT2D eigenvalue weighted by Crippen LogP contribution is 2.05. The van der Waals surface area contributed by atoms with Gasteiger partial charge in [0, 0.05) is 19.7 Å². The first-order valence-electron chi connectivity index (χ1n) is 6.91. The molecule has 0 saturated carbocycles. The second-order valence-corrected chi connectivity index (χ2v) is 5.58. The Morgan fingerprint density at radius 2 is 1.82 bits per heavy atom. The minimum absolute atomic E-state index is 0.321. The van der Waals surface area contributed by atoms with Crippen LogP contribution in [0.3, 0.4) is 0 Å². The number of nitrogens with zero attached hydrogens (tertiary/aromatic N) is 1. The van der Waals surface area contributed by atoms with Crippen LogP contribution in [0.25, 0.3) is 0 Å². The maximum absolute atomic E-state index is 5.29. The summed E-state index contributed by atoms with van der Waals surface area (Å²) in [7, 11) is 3.96. The van der Waals surface area contributed by atoms with Crippen molar-refractivity contribution in [2.45, 2.75) is 52.7 Å². The molecule has 3 heteroatoms. The highest BCUT2D eigenvalue weighted by atomic mass is 16.5. The lowest BCUT2D eigenvalue weighted by Crippen LogP contribution is -2.36. The van der Waals surface area contributed by atoms with E-state index in [1.807, 2.05) is 0 Å². The van der Waals surface area contributed by atoms with E-state index in [4.69, 9.17) is 4.74 Å². The van der Waals surface area contributed by atoms with Gasteiger partial charge in [0.2, 0.25) is 0 Å². The molecule has 0 aliphatic carbocycles. The van der Waals surface area contributed by atoms with Crippen molar-refractivity contribution < 1.29 is 4.74 Å². The molecule has 0 aromatic rings. The molecular weight excluding hydrogens is 212 g/mol. The highest BCUT2D eigenvalue weighted by molar-refractivity contribution is 4.67. The summed E-state index contributed by atoms with van der Waals surface area (Å²) in [6.45, 7) is 12.2. The lowest BCUT2D eigenvalue weighted by atomic mass is 10.1. The SMILES string of the molecule is COC(C)CN(C)C(C)CCCNCC(C)C. The van der Waals surface area contributed by atoms with Crippen molar-refractivity contribution in [2.24, 2.45) is 5.92 Å². The Morgan fingerprint density at radius 3 is 2.35 bits per heavy atom. The third kappa shape index (κ3) is 9.57. The van der Waals surface area contributed by atoms with Crippen molar-refractivity contribution in [1.82, 2.24) is 10.2 Å². The van der Waals surface area contributed by atoms with Gasteiger partial charge in [-0.15, -0.1) is 0 Å². The van der Waals surface area contributed by atoms with Crippen LogP contribution in [0.15, 0.2) is 0 Å². The lowest BCUT2D eigenvalue weighted by Gasteiger charge is -2.27. The van der Waals surface area contributed by atoms with Crippen molar-refractivity contribution in [3.05, 3.63) is 0 Å². The molecule has 0 radical (unpaired) electrons. The van der Waals surface area contributed by atoms with Gasteiger partial charge in [0.25, 0.3) is 0 Å². The quantitative estimate of drug-likeness (QED) is 0.597. The fraction of sp³-hybridized carbons (Fsp3) is 1.00. The van der Waals surface area contributed by atoms with Gasteiger partial charge in [-0.25, -0.2) is 0 Å². The number of rotatable bonds is 10. The molecule has 1 N–H and O–H groups in total. The Hall–Kier alpha value is -0.120. The largest absolute Gasteiger partial charge is 0.380 e. The minimum atomic E-state index is 0.321. The third-order valence-electron chi connectivity index (χ3n) is 3.23. The summed E-state index contributed by atoms with van der Waals surface area (Å²) in [6, 6.07) is 0.633. The average molecular weight is 244 g/mol. The first-order chi connectivity index (χ1) is 7.97. The van der Waals surface area contributed by atoms with E-state index in [0.717, 1.165) is 25.6 Å². The zero-order valence-corrected chi connectivity index (χ0v) is 12.6. The molecule has 0 saturated heterocycles. The van der Waals surface area contributed by atoms with Crippen LogP contribution in [0.2, 0.25) is 0 Å². The summed E-state index contributed by atoms with van der Waals surface area (Å²) in [4.78, 5) is 2.39. The standard InChI is InChI=1S/C14H32N2O/c1-12(2)10-15-9-7-8-13(3)16(5)11-14(4)17-6/h12-15H,7-11H2,1-6H3. The number of methoxy groups -OCH3 is 1. The molecule has 0 amide bonds. The van der Waals surface area contributed by atoms with Gasteiger partial charge >= 0.3 is 0 Å². The van der Waals surface area contributed by atoms with E-state index in [-0.39, 0.29) is 0 Å². The zero-order valence-electron chi connectivity index (χ0n) is 12.6. The Balaban J connectivity index is 3.53. The van der Waals surface area contributed by atoms with Gasteiger partial charge in [-0.3, -0.25) is 0 Å². The smallest absolute Gasteiger partial charge is 0.0670 e. The predicted octanol–water partition coefficient (Wildman–Crippen LogP) is 2.37. The van der Waals surface area contributed by atoms with Gasteiger partial charge in [0.1, 0.15) is 0 Å². The molecular formula is C14H32N2O. The maximum atomic E-state index is 5.29. The van der Waals surface area contributed by atoms with E-state index < -0.39 is 0 Å². The molecule has 0 spiro atoms. The second-order valence-electron chi connectivity index (χ2n) is 5.58. The molecule has 104 valence electrons. The Kier molecular flexibility index (Phi) is 9.79. The molecule has 0 rings (SSSR count). The molecule has 0 fully saturated rings. The van der Waals surface area contributed by atoms with Gasteiger partial charge in [-0.05, 0) is 52.7 Å². The molecule has 0 aromatic carbocycles. The fourth-order valence-corrected chi connectivity index (χ4v) is 1.79. The summed E-state index contributed by atoms with van der Waals surface area (Å²) < 4.78 is 5.29. The van der Waals surface area contributed by atoms with Crippen LogP contribution in [0.4, 0.5) is 0 Å². The Morgan fingerprint density at radius 1 is 1.18 bits per heavy atom. The van der Waals surface area contributed by atoms with E-state index in [1.54, 1.807) is 7.11 Å². The number of likely N-dealkylation sites (N-methyl/N-ethyl adjacent to an activating group) is 1.